The highest BCUT2D eigenvalue weighted by molar-refractivity contribution is 7.09. The van der Waals surface area contributed by atoms with E-state index in [1.165, 1.54) is 4.88 Å². The van der Waals surface area contributed by atoms with Gasteiger partial charge in [0.25, 0.3) is 0 Å². The van der Waals surface area contributed by atoms with Crippen LogP contribution in [-0.2, 0) is 12.3 Å². The number of hydrogen-bond donors (Lipinski definition) is 0. The van der Waals surface area contributed by atoms with Crippen molar-refractivity contribution in [3.63, 3.8) is 0 Å². The van der Waals surface area contributed by atoms with Crippen molar-refractivity contribution < 1.29 is 0 Å². The summed E-state index contributed by atoms with van der Waals surface area (Å²) in [6, 6.07) is 4.67. The van der Waals surface area contributed by atoms with Gasteiger partial charge in [0.2, 0.25) is 0 Å². The first kappa shape index (κ1) is 10.7. The lowest BCUT2D eigenvalue weighted by Crippen LogP contribution is -2.08. The number of hydrogen-bond acceptors (Lipinski definition) is 2. The van der Waals surface area contributed by atoms with Crippen molar-refractivity contribution >= 4 is 22.9 Å². The van der Waals surface area contributed by atoms with Crippen molar-refractivity contribution in [1.29, 1.82) is 0 Å². The van der Waals surface area contributed by atoms with Crippen LogP contribution >= 0.6 is 22.9 Å². The predicted octanol–water partition coefficient (Wildman–Crippen LogP) is 3.49. The van der Waals surface area contributed by atoms with E-state index in [1.54, 1.807) is 11.3 Å². The molecule has 2 aromatic heterocycles. The summed E-state index contributed by atoms with van der Waals surface area (Å²) in [5.74, 6) is 0.523. The maximum absolute atomic E-state index is 5.84. The molecular formula is C11H13ClN2S. The highest BCUT2D eigenvalue weighted by Gasteiger charge is 2.09. The Balaban J connectivity index is 2.11. The van der Waals surface area contributed by atoms with E-state index >= 15 is 0 Å². The van der Waals surface area contributed by atoms with E-state index < -0.39 is 0 Å². The Kier molecular flexibility index (Phi) is 3.44. The molecule has 2 aromatic rings. The summed E-state index contributed by atoms with van der Waals surface area (Å²) in [7, 11) is 0. The predicted molar refractivity (Wildman–Crippen MR) is 64.5 cm³/mol. The molecule has 0 amide bonds. The molecular weight excluding hydrogens is 228 g/mol. The fraction of sp³-hybridized carbons (Fsp3) is 0.364. The molecule has 2 heterocycles. The van der Waals surface area contributed by atoms with Gasteiger partial charge in [-0.3, -0.25) is 0 Å². The molecule has 0 aliphatic heterocycles. The van der Waals surface area contributed by atoms with E-state index in [-0.39, 0.29) is 0 Å². The van der Waals surface area contributed by atoms with Gasteiger partial charge in [0.1, 0.15) is 0 Å². The van der Waals surface area contributed by atoms with Crippen LogP contribution in [0.15, 0.2) is 30.0 Å². The molecule has 0 bridgehead atoms. The first-order valence-corrected chi connectivity index (χ1v) is 6.31. The third kappa shape index (κ3) is 2.41. The Morgan fingerprint density at radius 3 is 3.13 bits per heavy atom. The maximum atomic E-state index is 5.84. The van der Waals surface area contributed by atoms with Crippen LogP contribution in [0, 0.1) is 0 Å². The molecule has 0 fully saturated rings. The van der Waals surface area contributed by atoms with Crippen molar-refractivity contribution in [2.75, 3.05) is 0 Å². The van der Waals surface area contributed by atoms with Gasteiger partial charge in [0, 0.05) is 23.5 Å². The second-order valence-electron chi connectivity index (χ2n) is 3.56. The number of nitrogens with zero attached hydrogens (tertiary/aromatic N) is 2. The third-order valence-corrected chi connectivity index (χ3v) is 3.61. The first-order valence-electron chi connectivity index (χ1n) is 4.90. The van der Waals surface area contributed by atoms with Crippen molar-refractivity contribution in [1.82, 2.24) is 9.55 Å². The summed E-state index contributed by atoms with van der Waals surface area (Å²) < 4.78 is 2.15. The molecule has 1 atom stereocenters. The second-order valence-corrected chi connectivity index (χ2v) is 4.86. The van der Waals surface area contributed by atoms with Gasteiger partial charge in [-0.15, -0.1) is 22.9 Å². The van der Waals surface area contributed by atoms with E-state index in [0.717, 1.165) is 12.1 Å². The average Bonchev–Trinajstić information content (AvgIpc) is 2.86. The highest BCUT2D eigenvalue weighted by atomic mass is 35.5. The zero-order chi connectivity index (χ0) is 10.7. The first-order chi connectivity index (χ1) is 7.31. The smallest absolute Gasteiger partial charge is 0.0951 e. The molecule has 2 nitrogen and oxygen atoms in total. The number of thiophene rings is 1. The molecule has 15 heavy (non-hydrogen) atoms. The standard InChI is InChI=1S/C11H13ClN2S/c1-9(5-11-3-2-4-15-11)14-8-13-7-10(14)6-12/h2-4,7-9H,5-6H2,1H3. The average molecular weight is 241 g/mol. The van der Waals surface area contributed by atoms with E-state index in [4.69, 9.17) is 11.6 Å². The number of halogens is 1. The molecule has 4 heteroatoms. The minimum atomic E-state index is 0.417. The summed E-state index contributed by atoms with van der Waals surface area (Å²) in [5, 5.41) is 2.11. The molecule has 0 aliphatic rings. The molecule has 0 aliphatic carbocycles. The number of rotatable bonds is 4. The molecule has 0 saturated heterocycles. The van der Waals surface area contributed by atoms with Gasteiger partial charge in [-0.25, -0.2) is 4.98 Å². The Morgan fingerprint density at radius 2 is 2.47 bits per heavy atom. The minimum absolute atomic E-state index is 0.417. The van der Waals surface area contributed by atoms with Gasteiger partial charge < -0.3 is 4.57 Å². The molecule has 0 aromatic carbocycles. The third-order valence-electron chi connectivity index (χ3n) is 2.43. The van der Waals surface area contributed by atoms with Gasteiger partial charge in [-0.2, -0.15) is 0 Å². The van der Waals surface area contributed by atoms with E-state index in [9.17, 15) is 0 Å². The highest BCUT2D eigenvalue weighted by Crippen LogP contribution is 2.19. The van der Waals surface area contributed by atoms with Crippen LogP contribution in [0.3, 0.4) is 0 Å². The Hall–Kier alpha value is -0.800. The van der Waals surface area contributed by atoms with Crippen LogP contribution in [0.4, 0.5) is 0 Å². The summed E-state index contributed by atoms with van der Waals surface area (Å²) in [5.41, 5.74) is 1.08. The van der Waals surface area contributed by atoms with Gasteiger partial charge in [-0.1, -0.05) is 6.07 Å². The number of aromatic nitrogens is 2. The Bertz CT molecular complexity index is 408. The zero-order valence-corrected chi connectivity index (χ0v) is 10.1. The lowest BCUT2D eigenvalue weighted by atomic mass is 10.2. The van der Waals surface area contributed by atoms with Crippen molar-refractivity contribution in [3.05, 3.63) is 40.6 Å². The van der Waals surface area contributed by atoms with Crippen LogP contribution in [0.25, 0.3) is 0 Å². The molecule has 0 radical (unpaired) electrons. The fourth-order valence-corrected chi connectivity index (χ4v) is 2.68. The second kappa shape index (κ2) is 4.81. The maximum Gasteiger partial charge on any atom is 0.0951 e. The van der Waals surface area contributed by atoms with E-state index in [2.05, 4.69) is 34.0 Å². The SMILES string of the molecule is CC(Cc1cccs1)n1cncc1CCl. The van der Waals surface area contributed by atoms with Crippen LogP contribution in [-0.4, -0.2) is 9.55 Å². The van der Waals surface area contributed by atoms with Gasteiger partial charge in [-0.05, 0) is 18.4 Å². The van der Waals surface area contributed by atoms with Crippen molar-refractivity contribution in [2.45, 2.75) is 25.3 Å². The normalized spacial score (nSPS) is 12.9. The summed E-state index contributed by atoms with van der Waals surface area (Å²) in [6.45, 7) is 2.19. The van der Waals surface area contributed by atoms with E-state index in [1.807, 2.05) is 12.5 Å². The lowest BCUT2D eigenvalue weighted by molar-refractivity contribution is 0.535. The van der Waals surface area contributed by atoms with E-state index in [0.29, 0.717) is 11.9 Å². The monoisotopic (exact) mass is 240 g/mol. The number of imidazole rings is 1. The molecule has 1 unspecified atom stereocenters. The Labute approximate surface area is 98.5 Å². The lowest BCUT2D eigenvalue weighted by Gasteiger charge is -2.14. The summed E-state index contributed by atoms with van der Waals surface area (Å²) >= 11 is 7.64. The van der Waals surface area contributed by atoms with Crippen molar-refractivity contribution in [2.24, 2.45) is 0 Å². The summed E-state index contributed by atoms with van der Waals surface area (Å²) in [4.78, 5) is 5.52. The van der Waals surface area contributed by atoms with Crippen LogP contribution in [0.1, 0.15) is 23.5 Å². The quantitative estimate of drug-likeness (QED) is 0.749. The van der Waals surface area contributed by atoms with Gasteiger partial charge in [0.05, 0.1) is 17.9 Å². The molecule has 2 rings (SSSR count). The van der Waals surface area contributed by atoms with Crippen LogP contribution in [0.2, 0.25) is 0 Å². The largest absolute Gasteiger partial charge is 0.330 e. The van der Waals surface area contributed by atoms with Gasteiger partial charge >= 0.3 is 0 Å². The fourth-order valence-electron chi connectivity index (χ4n) is 1.65. The topological polar surface area (TPSA) is 17.8 Å². The van der Waals surface area contributed by atoms with Crippen LogP contribution < -0.4 is 0 Å². The molecule has 0 spiro atoms. The molecule has 80 valence electrons. The zero-order valence-electron chi connectivity index (χ0n) is 8.56. The van der Waals surface area contributed by atoms with Crippen molar-refractivity contribution in [3.8, 4) is 0 Å². The minimum Gasteiger partial charge on any atom is -0.330 e. The van der Waals surface area contributed by atoms with Gasteiger partial charge in [0.15, 0.2) is 0 Å². The summed E-state index contributed by atoms with van der Waals surface area (Å²) in [6.07, 6.45) is 4.73. The molecule has 0 N–H and O–H groups in total. The number of alkyl halides is 1. The molecule has 0 saturated carbocycles. The van der Waals surface area contributed by atoms with Crippen LogP contribution in [0.5, 0.6) is 0 Å². The Morgan fingerprint density at radius 1 is 1.60 bits per heavy atom.